The van der Waals surface area contributed by atoms with Crippen molar-refractivity contribution in [3.63, 3.8) is 0 Å². The van der Waals surface area contributed by atoms with Gasteiger partial charge in [-0.1, -0.05) is 6.07 Å². The third-order valence-electron chi connectivity index (χ3n) is 2.45. The summed E-state index contributed by atoms with van der Waals surface area (Å²) in [5.41, 5.74) is 9.99. The predicted molar refractivity (Wildman–Crippen MR) is 65.7 cm³/mol. The molecule has 2 aromatic rings. The van der Waals surface area contributed by atoms with Crippen molar-refractivity contribution in [2.45, 2.75) is 13.8 Å². The Morgan fingerprint density at radius 1 is 1.13 bits per heavy atom. The SMILES string of the molecule is Cc1cc(C)c(-c2ccc(Br)o2)cc1N. The third-order valence-corrected chi connectivity index (χ3v) is 2.88. The minimum atomic E-state index is 0.732. The fourth-order valence-corrected chi connectivity index (χ4v) is 1.90. The lowest BCUT2D eigenvalue weighted by Crippen LogP contribution is -1.92. The molecule has 0 fully saturated rings. The van der Waals surface area contributed by atoms with Gasteiger partial charge in [-0.2, -0.15) is 0 Å². The minimum absolute atomic E-state index is 0.732. The first-order chi connectivity index (χ1) is 7.08. The van der Waals surface area contributed by atoms with Gasteiger partial charge in [-0.05, 0) is 59.1 Å². The average Bonchev–Trinajstić information content (AvgIpc) is 2.58. The van der Waals surface area contributed by atoms with Crippen LogP contribution in [-0.2, 0) is 0 Å². The molecule has 0 saturated carbocycles. The lowest BCUT2D eigenvalue weighted by molar-refractivity contribution is 0.555. The Morgan fingerprint density at radius 3 is 2.47 bits per heavy atom. The Kier molecular flexibility index (Phi) is 2.57. The highest BCUT2D eigenvalue weighted by atomic mass is 79.9. The van der Waals surface area contributed by atoms with E-state index < -0.39 is 0 Å². The number of anilines is 1. The van der Waals surface area contributed by atoms with Crippen LogP contribution in [0.1, 0.15) is 11.1 Å². The van der Waals surface area contributed by atoms with Crippen molar-refractivity contribution < 1.29 is 4.42 Å². The molecule has 0 spiro atoms. The summed E-state index contributed by atoms with van der Waals surface area (Å²) in [6.07, 6.45) is 0. The first-order valence-electron chi connectivity index (χ1n) is 4.70. The molecule has 78 valence electrons. The van der Waals surface area contributed by atoms with Crippen LogP contribution in [0.2, 0.25) is 0 Å². The summed E-state index contributed by atoms with van der Waals surface area (Å²) in [7, 11) is 0. The quantitative estimate of drug-likeness (QED) is 0.795. The van der Waals surface area contributed by atoms with Gasteiger partial charge in [-0.3, -0.25) is 0 Å². The number of halogens is 1. The molecule has 0 aliphatic rings. The van der Waals surface area contributed by atoms with E-state index >= 15 is 0 Å². The smallest absolute Gasteiger partial charge is 0.169 e. The topological polar surface area (TPSA) is 39.2 Å². The highest BCUT2D eigenvalue weighted by Gasteiger charge is 2.08. The number of rotatable bonds is 1. The molecule has 0 aliphatic heterocycles. The maximum absolute atomic E-state index is 5.88. The lowest BCUT2D eigenvalue weighted by Gasteiger charge is -2.07. The fraction of sp³-hybridized carbons (Fsp3) is 0.167. The average molecular weight is 266 g/mol. The normalized spacial score (nSPS) is 10.6. The Bertz CT molecular complexity index is 502. The molecule has 0 unspecified atom stereocenters. The van der Waals surface area contributed by atoms with E-state index in [0.29, 0.717) is 0 Å². The van der Waals surface area contributed by atoms with Crippen molar-refractivity contribution in [2.24, 2.45) is 0 Å². The predicted octanol–water partition coefficient (Wildman–Crippen LogP) is 3.91. The largest absolute Gasteiger partial charge is 0.449 e. The number of furan rings is 1. The van der Waals surface area contributed by atoms with Crippen molar-refractivity contribution in [1.29, 1.82) is 0 Å². The van der Waals surface area contributed by atoms with Crippen LogP contribution in [0.25, 0.3) is 11.3 Å². The third kappa shape index (κ3) is 1.92. The Hall–Kier alpha value is -1.22. The molecule has 0 saturated heterocycles. The van der Waals surface area contributed by atoms with E-state index in [4.69, 9.17) is 10.2 Å². The summed E-state index contributed by atoms with van der Waals surface area (Å²) >= 11 is 3.29. The molecule has 0 atom stereocenters. The van der Waals surface area contributed by atoms with Gasteiger partial charge in [0.25, 0.3) is 0 Å². The van der Waals surface area contributed by atoms with Gasteiger partial charge in [0.05, 0.1) is 0 Å². The molecule has 1 aromatic carbocycles. The molecule has 2 nitrogen and oxygen atoms in total. The van der Waals surface area contributed by atoms with Crippen LogP contribution in [0.15, 0.2) is 33.4 Å². The van der Waals surface area contributed by atoms with Crippen molar-refractivity contribution in [1.82, 2.24) is 0 Å². The zero-order valence-electron chi connectivity index (χ0n) is 8.67. The summed E-state index contributed by atoms with van der Waals surface area (Å²) in [5.74, 6) is 0.839. The van der Waals surface area contributed by atoms with Crippen LogP contribution < -0.4 is 5.73 Å². The molecule has 0 radical (unpaired) electrons. The monoisotopic (exact) mass is 265 g/mol. The zero-order valence-corrected chi connectivity index (χ0v) is 10.3. The summed E-state index contributed by atoms with van der Waals surface area (Å²) in [5, 5.41) is 0. The number of hydrogen-bond acceptors (Lipinski definition) is 2. The van der Waals surface area contributed by atoms with Crippen LogP contribution >= 0.6 is 15.9 Å². The van der Waals surface area contributed by atoms with E-state index in [0.717, 1.165) is 27.2 Å². The molecule has 2 rings (SSSR count). The van der Waals surface area contributed by atoms with E-state index in [1.165, 1.54) is 5.56 Å². The van der Waals surface area contributed by atoms with Crippen LogP contribution in [0.5, 0.6) is 0 Å². The maximum Gasteiger partial charge on any atom is 0.169 e. The molecular formula is C12H12BrNO. The van der Waals surface area contributed by atoms with Crippen molar-refractivity contribution in [3.05, 3.63) is 40.1 Å². The lowest BCUT2D eigenvalue weighted by atomic mass is 10.0. The molecule has 2 N–H and O–H groups in total. The van der Waals surface area contributed by atoms with Gasteiger partial charge < -0.3 is 10.2 Å². The van der Waals surface area contributed by atoms with Crippen LogP contribution in [0.3, 0.4) is 0 Å². The number of hydrogen-bond donors (Lipinski definition) is 1. The second-order valence-corrected chi connectivity index (χ2v) is 4.41. The second-order valence-electron chi connectivity index (χ2n) is 3.63. The number of nitrogens with two attached hydrogens (primary N) is 1. The van der Waals surface area contributed by atoms with Gasteiger partial charge in [-0.25, -0.2) is 0 Å². The molecule has 0 aliphatic carbocycles. The number of benzene rings is 1. The van der Waals surface area contributed by atoms with Gasteiger partial charge in [0, 0.05) is 11.3 Å². The second kappa shape index (κ2) is 3.74. The van der Waals surface area contributed by atoms with Gasteiger partial charge >= 0.3 is 0 Å². The molecule has 1 aromatic heterocycles. The summed E-state index contributed by atoms with van der Waals surface area (Å²) in [6.45, 7) is 4.06. The van der Waals surface area contributed by atoms with Crippen LogP contribution in [-0.4, -0.2) is 0 Å². The van der Waals surface area contributed by atoms with E-state index in [1.807, 2.05) is 25.1 Å². The molecule has 1 heterocycles. The molecule has 0 bridgehead atoms. The van der Waals surface area contributed by atoms with E-state index in [1.54, 1.807) is 0 Å². The molecule has 3 heteroatoms. The first-order valence-corrected chi connectivity index (χ1v) is 5.49. The number of aryl methyl sites for hydroxylation is 2. The van der Waals surface area contributed by atoms with Crippen molar-refractivity contribution in [2.75, 3.05) is 5.73 Å². The van der Waals surface area contributed by atoms with Gasteiger partial charge in [0.1, 0.15) is 5.76 Å². The van der Waals surface area contributed by atoms with Gasteiger partial charge in [-0.15, -0.1) is 0 Å². The van der Waals surface area contributed by atoms with Crippen LogP contribution in [0.4, 0.5) is 5.69 Å². The summed E-state index contributed by atoms with van der Waals surface area (Å²) in [4.78, 5) is 0. The van der Waals surface area contributed by atoms with E-state index in [-0.39, 0.29) is 0 Å². The highest BCUT2D eigenvalue weighted by Crippen LogP contribution is 2.30. The van der Waals surface area contributed by atoms with E-state index in [9.17, 15) is 0 Å². The van der Waals surface area contributed by atoms with Gasteiger partial charge in [0.15, 0.2) is 4.67 Å². The molecular weight excluding hydrogens is 254 g/mol. The first kappa shape index (κ1) is 10.3. The number of nitrogen functional groups attached to an aromatic ring is 1. The maximum atomic E-state index is 5.88. The van der Waals surface area contributed by atoms with E-state index in [2.05, 4.69) is 28.9 Å². The van der Waals surface area contributed by atoms with Crippen molar-refractivity contribution in [3.8, 4) is 11.3 Å². The molecule has 15 heavy (non-hydrogen) atoms. The zero-order chi connectivity index (χ0) is 11.0. The Labute approximate surface area is 97.2 Å². The highest BCUT2D eigenvalue weighted by molar-refractivity contribution is 9.10. The standard InChI is InChI=1S/C12H12BrNO/c1-7-5-8(2)10(14)6-9(7)11-3-4-12(13)15-11/h3-6H,14H2,1-2H3. The fourth-order valence-electron chi connectivity index (χ4n) is 1.59. The van der Waals surface area contributed by atoms with Gasteiger partial charge in [0.2, 0.25) is 0 Å². The Balaban J connectivity index is 2.58. The summed E-state index contributed by atoms with van der Waals surface area (Å²) in [6, 6.07) is 7.84. The Morgan fingerprint density at radius 2 is 1.87 bits per heavy atom. The summed E-state index contributed by atoms with van der Waals surface area (Å²) < 4.78 is 6.24. The van der Waals surface area contributed by atoms with Crippen molar-refractivity contribution >= 4 is 21.6 Å². The molecule has 0 amide bonds. The minimum Gasteiger partial charge on any atom is -0.449 e. The van der Waals surface area contributed by atoms with Crippen LogP contribution in [0, 0.1) is 13.8 Å².